The maximum absolute atomic E-state index is 12.5. The lowest BCUT2D eigenvalue weighted by molar-refractivity contribution is -0.118. The third-order valence-electron chi connectivity index (χ3n) is 3.49. The predicted octanol–water partition coefficient (Wildman–Crippen LogP) is 2.74. The summed E-state index contributed by atoms with van der Waals surface area (Å²) >= 11 is 0. The highest BCUT2D eigenvalue weighted by molar-refractivity contribution is 6.00. The average molecular weight is 325 g/mol. The smallest absolute Gasteiger partial charge is 0.287 e. The fourth-order valence-corrected chi connectivity index (χ4v) is 2.17. The largest absolute Gasteiger partial charge is 0.459 e. The number of anilines is 1. The third-order valence-corrected chi connectivity index (χ3v) is 3.49. The van der Waals surface area contributed by atoms with Crippen molar-refractivity contribution >= 4 is 17.5 Å². The zero-order valence-corrected chi connectivity index (χ0v) is 13.6. The van der Waals surface area contributed by atoms with Gasteiger partial charge in [0.15, 0.2) is 5.76 Å². The number of nitriles is 1. The Hall–Kier alpha value is -3.07. The number of nitrogens with zero attached hydrogens (tertiary/aromatic N) is 1. The molecule has 2 rings (SSSR count). The SMILES string of the molecule is CC(C)C(NC(=O)c1ccco1)C(=O)Nc1ccc(CC#N)cc1. The highest BCUT2D eigenvalue weighted by Crippen LogP contribution is 2.13. The van der Waals surface area contributed by atoms with Gasteiger partial charge in [0.1, 0.15) is 6.04 Å². The molecule has 124 valence electrons. The highest BCUT2D eigenvalue weighted by Gasteiger charge is 2.25. The maximum atomic E-state index is 12.5. The molecule has 2 aromatic rings. The quantitative estimate of drug-likeness (QED) is 0.853. The Kier molecular flexibility index (Phi) is 5.74. The first-order valence-corrected chi connectivity index (χ1v) is 7.62. The van der Waals surface area contributed by atoms with Crippen LogP contribution in [-0.4, -0.2) is 17.9 Å². The molecule has 6 heteroatoms. The van der Waals surface area contributed by atoms with Crippen molar-refractivity contribution in [3.8, 4) is 6.07 Å². The summed E-state index contributed by atoms with van der Waals surface area (Å²) in [4.78, 5) is 24.5. The molecule has 0 aliphatic heterocycles. The molecule has 2 amide bonds. The first kappa shape index (κ1) is 17.3. The van der Waals surface area contributed by atoms with E-state index in [0.29, 0.717) is 12.1 Å². The molecule has 1 unspecified atom stereocenters. The Labute approximate surface area is 140 Å². The van der Waals surface area contributed by atoms with Gasteiger partial charge >= 0.3 is 0 Å². The summed E-state index contributed by atoms with van der Waals surface area (Å²) in [6.07, 6.45) is 1.73. The minimum atomic E-state index is -0.693. The van der Waals surface area contributed by atoms with Crippen LogP contribution in [0.4, 0.5) is 5.69 Å². The van der Waals surface area contributed by atoms with Crippen molar-refractivity contribution in [2.75, 3.05) is 5.32 Å². The van der Waals surface area contributed by atoms with E-state index in [0.717, 1.165) is 5.56 Å². The number of amides is 2. The Morgan fingerprint density at radius 3 is 2.46 bits per heavy atom. The van der Waals surface area contributed by atoms with Gasteiger partial charge in [0, 0.05) is 5.69 Å². The molecule has 0 bridgehead atoms. The molecule has 1 aromatic heterocycles. The van der Waals surface area contributed by atoms with Gasteiger partial charge in [-0.1, -0.05) is 26.0 Å². The van der Waals surface area contributed by atoms with E-state index in [9.17, 15) is 9.59 Å². The van der Waals surface area contributed by atoms with Crippen LogP contribution in [0.15, 0.2) is 47.1 Å². The van der Waals surface area contributed by atoms with Gasteiger partial charge in [0.05, 0.1) is 18.8 Å². The summed E-state index contributed by atoms with van der Waals surface area (Å²) in [5.41, 5.74) is 1.49. The van der Waals surface area contributed by atoms with Crippen molar-refractivity contribution in [2.45, 2.75) is 26.3 Å². The van der Waals surface area contributed by atoms with Gasteiger partial charge in [-0.25, -0.2) is 0 Å². The van der Waals surface area contributed by atoms with Gasteiger partial charge in [-0.3, -0.25) is 9.59 Å². The van der Waals surface area contributed by atoms with E-state index in [2.05, 4.69) is 16.7 Å². The second-order valence-corrected chi connectivity index (χ2v) is 5.69. The first-order chi connectivity index (χ1) is 11.5. The number of carbonyl (C=O) groups is 2. The van der Waals surface area contributed by atoms with E-state index >= 15 is 0 Å². The molecule has 0 saturated carbocycles. The number of hydrogen-bond donors (Lipinski definition) is 2. The average Bonchev–Trinajstić information content (AvgIpc) is 3.08. The first-order valence-electron chi connectivity index (χ1n) is 7.62. The molecule has 1 aromatic carbocycles. The molecule has 0 aliphatic rings. The topological polar surface area (TPSA) is 95.1 Å². The summed E-state index contributed by atoms with van der Waals surface area (Å²) in [5, 5.41) is 14.1. The second-order valence-electron chi connectivity index (χ2n) is 5.69. The standard InChI is InChI=1S/C18H19N3O3/c1-12(2)16(21-17(22)15-4-3-11-24-15)18(23)20-14-7-5-13(6-8-14)9-10-19/h3-8,11-12,16H,9H2,1-2H3,(H,20,23)(H,21,22). The van der Waals surface area contributed by atoms with Crippen LogP contribution in [0.3, 0.4) is 0 Å². The van der Waals surface area contributed by atoms with Crippen molar-refractivity contribution in [3.63, 3.8) is 0 Å². The van der Waals surface area contributed by atoms with Gasteiger partial charge in [-0.2, -0.15) is 5.26 Å². The van der Waals surface area contributed by atoms with Crippen molar-refractivity contribution in [1.82, 2.24) is 5.32 Å². The van der Waals surface area contributed by atoms with E-state index in [1.807, 2.05) is 13.8 Å². The fourth-order valence-electron chi connectivity index (χ4n) is 2.17. The molecule has 0 aliphatic carbocycles. The summed E-state index contributed by atoms with van der Waals surface area (Å²) in [5.74, 6) is -0.674. The molecule has 1 heterocycles. The van der Waals surface area contributed by atoms with Gasteiger partial charge < -0.3 is 15.1 Å². The van der Waals surface area contributed by atoms with E-state index in [-0.39, 0.29) is 17.6 Å². The molecule has 0 fully saturated rings. The summed E-state index contributed by atoms with van der Waals surface area (Å²) in [6.45, 7) is 3.70. The Morgan fingerprint density at radius 2 is 1.92 bits per heavy atom. The lowest BCUT2D eigenvalue weighted by atomic mass is 10.0. The van der Waals surface area contributed by atoms with Crippen molar-refractivity contribution in [3.05, 3.63) is 54.0 Å². The van der Waals surface area contributed by atoms with Gasteiger partial charge in [0.25, 0.3) is 5.91 Å². The Bertz CT molecular complexity index is 728. The Balaban J connectivity index is 2.03. The van der Waals surface area contributed by atoms with Crippen LogP contribution in [0.25, 0.3) is 0 Å². The van der Waals surface area contributed by atoms with Crippen LogP contribution in [0, 0.1) is 17.2 Å². The number of benzene rings is 1. The molecule has 0 saturated heterocycles. The minimum Gasteiger partial charge on any atom is -0.459 e. The maximum Gasteiger partial charge on any atom is 0.287 e. The predicted molar refractivity (Wildman–Crippen MR) is 89.2 cm³/mol. The summed E-state index contributed by atoms with van der Waals surface area (Å²) in [6, 6.07) is 11.6. The molecule has 0 spiro atoms. The molecule has 2 N–H and O–H groups in total. The number of furan rings is 1. The van der Waals surface area contributed by atoms with E-state index in [1.165, 1.54) is 6.26 Å². The number of carbonyl (C=O) groups excluding carboxylic acids is 2. The van der Waals surface area contributed by atoms with Crippen LogP contribution >= 0.6 is 0 Å². The van der Waals surface area contributed by atoms with E-state index in [1.54, 1.807) is 36.4 Å². The normalized spacial score (nSPS) is 11.6. The Morgan fingerprint density at radius 1 is 1.21 bits per heavy atom. The van der Waals surface area contributed by atoms with Gasteiger partial charge in [-0.15, -0.1) is 0 Å². The van der Waals surface area contributed by atoms with Crippen LogP contribution in [0.2, 0.25) is 0 Å². The number of rotatable bonds is 6. The van der Waals surface area contributed by atoms with Crippen LogP contribution < -0.4 is 10.6 Å². The fraction of sp³-hybridized carbons (Fsp3) is 0.278. The number of nitrogens with one attached hydrogen (secondary N) is 2. The monoisotopic (exact) mass is 325 g/mol. The lowest BCUT2D eigenvalue weighted by Crippen LogP contribution is -2.47. The number of hydrogen-bond acceptors (Lipinski definition) is 4. The van der Waals surface area contributed by atoms with Crippen LogP contribution in [0.5, 0.6) is 0 Å². The van der Waals surface area contributed by atoms with Crippen molar-refractivity contribution in [2.24, 2.45) is 5.92 Å². The third kappa shape index (κ3) is 4.46. The molecule has 1 atom stereocenters. The van der Waals surface area contributed by atoms with Crippen molar-refractivity contribution < 1.29 is 14.0 Å². The minimum absolute atomic E-state index is 0.0956. The van der Waals surface area contributed by atoms with Gasteiger partial charge in [0.2, 0.25) is 5.91 Å². The second kappa shape index (κ2) is 7.97. The van der Waals surface area contributed by atoms with Gasteiger partial charge in [-0.05, 0) is 35.7 Å². The lowest BCUT2D eigenvalue weighted by Gasteiger charge is -2.21. The molecular weight excluding hydrogens is 306 g/mol. The molecule has 24 heavy (non-hydrogen) atoms. The zero-order chi connectivity index (χ0) is 17.5. The summed E-state index contributed by atoms with van der Waals surface area (Å²) in [7, 11) is 0. The molecule has 0 radical (unpaired) electrons. The van der Waals surface area contributed by atoms with E-state index < -0.39 is 11.9 Å². The van der Waals surface area contributed by atoms with Crippen LogP contribution in [0.1, 0.15) is 30.0 Å². The van der Waals surface area contributed by atoms with E-state index in [4.69, 9.17) is 9.68 Å². The summed E-state index contributed by atoms with van der Waals surface area (Å²) < 4.78 is 5.04. The van der Waals surface area contributed by atoms with Crippen LogP contribution in [-0.2, 0) is 11.2 Å². The molecular formula is C18H19N3O3. The van der Waals surface area contributed by atoms with Crippen molar-refractivity contribution in [1.29, 1.82) is 5.26 Å². The molecule has 6 nitrogen and oxygen atoms in total. The zero-order valence-electron chi connectivity index (χ0n) is 13.6. The highest BCUT2D eigenvalue weighted by atomic mass is 16.3.